The number of carbonyl (C=O) groups is 3. The van der Waals surface area contributed by atoms with Crippen molar-refractivity contribution in [2.75, 3.05) is 6.54 Å². The van der Waals surface area contributed by atoms with Crippen LogP contribution in [0.4, 0.5) is 9.18 Å². The maximum atomic E-state index is 13.3. The summed E-state index contributed by atoms with van der Waals surface area (Å²) in [4.78, 5) is 44.7. The minimum Gasteiger partial charge on any atom is -0.347 e. The Hall–Kier alpha value is -3.59. The Balaban J connectivity index is 1.44. The van der Waals surface area contributed by atoms with Gasteiger partial charge in [0.15, 0.2) is 0 Å². The third-order valence-corrected chi connectivity index (χ3v) is 7.29. The summed E-state index contributed by atoms with van der Waals surface area (Å²) in [5.41, 5.74) is 2.05. The number of amides is 4. The molecule has 1 aliphatic heterocycles. The number of hydrogen-bond acceptors (Lipinski definition) is 5. The molecule has 4 amide bonds. The van der Waals surface area contributed by atoms with Gasteiger partial charge in [-0.05, 0) is 45.4 Å². The third kappa shape index (κ3) is 4.43. The molecule has 9 heteroatoms. The Morgan fingerprint density at radius 3 is 2.44 bits per heavy atom. The summed E-state index contributed by atoms with van der Waals surface area (Å²) < 4.78 is 13.3. The average molecular weight is 481 g/mol. The van der Waals surface area contributed by atoms with Crippen molar-refractivity contribution in [2.24, 2.45) is 0 Å². The zero-order chi connectivity index (χ0) is 24.6. The van der Waals surface area contributed by atoms with E-state index in [0.29, 0.717) is 5.56 Å². The molecule has 2 unspecified atom stereocenters. The number of halogens is 1. The first-order valence-electron chi connectivity index (χ1n) is 10.8. The lowest BCUT2D eigenvalue weighted by molar-refractivity contribution is -0.135. The molecule has 4 rings (SSSR count). The number of thiazole rings is 1. The fourth-order valence-corrected chi connectivity index (χ4v) is 5.02. The van der Waals surface area contributed by atoms with Gasteiger partial charge in [0.2, 0.25) is 5.91 Å². The van der Waals surface area contributed by atoms with Crippen LogP contribution in [0.5, 0.6) is 0 Å². The van der Waals surface area contributed by atoms with Gasteiger partial charge in [-0.25, -0.2) is 14.2 Å². The van der Waals surface area contributed by atoms with E-state index in [1.165, 1.54) is 42.5 Å². The number of imide groups is 1. The molecule has 0 radical (unpaired) electrons. The van der Waals surface area contributed by atoms with E-state index in [2.05, 4.69) is 15.6 Å². The zero-order valence-electron chi connectivity index (χ0n) is 19.3. The monoisotopic (exact) mass is 480 g/mol. The number of nitrogens with one attached hydrogen (secondary N) is 2. The molecule has 0 spiro atoms. The van der Waals surface area contributed by atoms with Gasteiger partial charge in [0.1, 0.15) is 22.9 Å². The Morgan fingerprint density at radius 1 is 1.15 bits per heavy atom. The normalized spacial score (nSPS) is 18.7. The van der Waals surface area contributed by atoms with Crippen LogP contribution in [0.1, 0.15) is 41.6 Å². The number of carbonyl (C=O) groups excluding carboxylic acids is 3. The van der Waals surface area contributed by atoms with Gasteiger partial charge in [-0.1, -0.05) is 42.0 Å². The maximum absolute atomic E-state index is 13.3. The van der Waals surface area contributed by atoms with Crippen molar-refractivity contribution in [3.05, 3.63) is 76.0 Å². The van der Waals surface area contributed by atoms with E-state index < -0.39 is 35.7 Å². The summed E-state index contributed by atoms with van der Waals surface area (Å²) in [6, 6.07) is 12.4. The van der Waals surface area contributed by atoms with Crippen LogP contribution in [-0.2, 0) is 15.1 Å². The van der Waals surface area contributed by atoms with Crippen molar-refractivity contribution in [1.29, 1.82) is 0 Å². The van der Waals surface area contributed by atoms with E-state index >= 15 is 0 Å². The highest BCUT2D eigenvalue weighted by molar-refractivity contribution is 7.15. The first-order chi connectivity index (χ1) is 16.1. The lowest BCUT2D eigenvalue weighted by Gasteiger charge is -2.22. The highest BCUT2D eigenvalue weighted by Gasteiger charge is 2.49. The van der Waals surface area contributed by atoms with Crippen molar-refractivity contribution in [3.63, 3.8) is 0 Å². The second-order valence-corrected chi connectivity index (χ2v) is 9.61. The van der Waals surface area contributed by atoms with Gasteiger partial charge >= 0.3 is 6.03 Å². The van der Waals surface area contributed by atoms with Gasteiger partial charge < -0.3 is 10.6 Å². The molecule has 0 aliphatic carbocycles. The minimum absolute atomic E-state index is 0.353. The molecular weight excluding hydrogens is 455 g/mol. The summed E-state index contributed by atoms with van der Waals surface area (Å²) in [5, 5.41) is 6.34. The summed E-state index contributed by atoms with van der Waals surface area (Å²) in [6.07, 6.45) is 0. The van der Waals surface area contributed by atoms with Gasteiger partial charge in [0.05, 0.1) is 16.6 Å². The van der Waals surface area contributed by atoms with Gasteiger partial charge in [-0.2, -0.15) is 0 Å². The highest BCUT2D eigenvalue weighted by atomic mass is 32.1. The largest absolute Gasteiger partial charge is 0.347 e. The van der Waals surface area contributed by atoms with Crippen molar-refractivity contribution in [2.45, 2.75) is 39.3 Å². The number of rotatable bonds is 6. The smallest absolute Gasteiger partial charge is 0.325 e. The number of aromatic nitrogens is 1. The van der Waals surface area contributed by atoms with Crippen molar-refractivity contribution in [1.82, 2.24) is 20.5 Å². The molecule has 1 aliphatic rings. The first-order valence-corrected chi connectivity index (χ1v) is 11.6. The molecular formula is C25H25FN4O3S. The quantitative estimate of drug-likeness (QED) is 0.517. The first kappa shape index (κ1) is 23.6. The fourth-order valence-electron chi connectivity index (χ4n) is 3.95. The Bertz CT molecular complexity index is 1260. The highest BCUT2D eigenvalue weighted by Crippen LogP contribution is 2.32. The predicted octanol–water partition coefficient (Wildman–Crippen LogP) is 4.21. The van der Waals surface area contributed by atoms with Crippen LogP contribution in [0.25, 0.3) is 10.6 Å². The summed E-state index contributed by atoms with van der Waals surface area (Å²) in [6.45, 7) is 6.86. The van der Waals surface area contributed by atoms with E-state index in [9.17, 15) is 18.8 Å². The van der Waals surface area contributed by atoms with Gasteiger partial charge in [0.25, 0.3) is 5.91 Å². The van der Waals surface area contributed by atoms with Crippen LogP contribution < -0.4 is 10.6 Å². The lowest BCUT2D eigenvalue weighted by atomic mass is 9.92. The number of benzene rings is 2. The van der Waals surface area contributed by atoms with Crippen LogP contribution in [0, 0.1) is 19.7 Å². The minimum atomic E-state index is -1.37. The van der Waals surface area contributed by atoms with E-state index in [1.54, 1.807) is 0 Å². The van der Waals surface area contributed by atoms with Gasteiger partial charge in [-0.3, -0.25) is 14.5 Å². The van der Waals surface area contributed by atoms with Crippen LogP contribution in [0.15, 0.2) is 48.5 Å². The molecule has 1 aromatic heterocycles. The average Bonchev–Trinajstić information content (AvgIpc) is 3.28. The van der Waals surface area contributed by atoms with Crippen molar-refractivity contribution < 1.29 is 18.8 Å². The number of nitrogens with zero attached hydrogens (tertiary/aromatic N) is 2. The van der Waals surface area contributed by atoms with Gasteiger partial charge in [0, 0.05) is 5.56 Å². The molecule has 2 heterocycles. The molecule has 0 saturated carbocycles. The second-order valence-electron chi connectivity index (χ2n) is 8.58. The van der Waals surface area contributed by atoms with Crippen LogP contribution in [0.2, 0.25) is 0 Å². The van der Waals surface area contributed by atoms with E-state index in [4.69, 9.17) is 0 Å². The molecule has 1 saturated heterocycles. The molecule has 2 N–H and O–H groups in total. The van der Waals surface area contributed by atoms with Gasteiger partial charge in [-0.15, -0.1) is 11.3 Å². The summed E-state index contributed by atoms with van der Waals surface area (Å²) >= 11 is 1.49. The molecule has 0 bridgehead atoms. The summed E-state index contributed by atoms with van der Waals surface area (Å²) in [5.74, 6) is -1.48. The second kappa shape index (κ2) is 8.98. The molecule has 7 nitrogen and oxygen atoms in total. The predicted molar refractivity (Wildman–Crippen MR) is 128 cm³/mol. The maximum Gasteiger partial charge on any atom is 0.325 e. The van der Waals surface area contributed by atoms with E-state index in [-0.39, 0.29) is 6.04 Å². The number of aryl methyl sites for hydroxylation is 2. The number of hydrogen-bond donors (Lipinski definition) is 2. The van der Waals surface area contributed by atoms with E-state index in [1.807, 2.05) is 45.0 Å². The molecule has 3 aromatic rings. The van der Waals surface area contributed by atoms with Crippen LogP contribution in [0.3, 0.4) is 0 Å². The van der Waals surface area contributed by atoms with Crippen LogP contribution in [-0.4, -0.2) is 34.3 Å². The molecule has 176 valence electrons. The zero-order valence-corrected chi connectivity index (χ0v) is 20.1. The van der Waals surface area contributed by atoms with E-state index in [0.717, 1.165) is 31.6 Å². The standard InChI is InChI=1S/C25H25FN4O3S/c1-14-5-7-17(8-6-14)22-28-16(3)21(34-22)15(2)27-20(31)13-30-23(32)25(4,29-24(30)33)18-9-11-19(26)12-10-18/h5-12,15H,13H2,1-4H3,(H,27,31)(H,29,33). The topological polar surface area (TPSA) is 91.4 Å². The lowest BCUT2D eigenvalue weighted by Crippen LogP contribution is -2.43. The third-order valence-electron chi connectivity index (χ3n) is 5.90. The molecule has 34 heavy (non-hydrogen) atoms. The molecule has 2 atom stereocenters. The van der Waals surface area contributed by atoms with Crippen molar-refractivity contribution >= 4 is 29.2 Å². The molecule has 2 aromatic carbocycles. The SMILES string of the molecule is Cc1ccc(-c2nc(C)c(C(C)NC(=O)CN3C(=O)NC(C)(c4ccc(F)cc4)C3=O)s2)cc1. The van der Waals surface area contributed by atoms with Crippen LogP contribution >= 0.6 is 11.3 Å². The number of urea groups is 1. The van der Waals surface area contributed by atoms with Crippen molar-refractivity contribution in [3.8, 4) is 10.6 Å². The molecule has 1 fully saturated rings. The summed E-state index contributed by atoms with van der Waals surface area (Å²) in [7, 11) is 0. The Morgan fingerprint density at radius 2 is 1.79 bits per heavy atom. The Kier molecular flexibility index (Phi) is 6.22. The Labute approximate surface area is 201 Å². The fraction of sp³-hybridized carbons (Fsp3) is 0.280.